The van der Waals surface area contributed by atoms with E-state index in [1.54, 1.807) is 0 Å². The van der Waals surface area contributed by atoms with Crippen molar-refractivity contribution in [1.29, 1.82) is 0 Å². The molecule has 1 aliphatic carbocycles. The van der Waals surface area contributed by atoms with E-state index in [4.69, 9.17) is 0 Å². The molecule has 5 rings (SSSR count). The largest absolute Gasteiger partial charge is 0.309 e. The van der Waals surface area contributed by atoms with E-state index in [9.17, 15) is 0 Å². The zero-order valence-corrected chi connectivity index (χ0v) is 12.2. The molecule has 1 N–H and O–H groups in total. The fourth-order valence-corrected chi connectivity index (χ4v) is 5.18. The van der Waals surface area contributed by atoms with Crippen molar-refractivity contribution in [3.63, 3.8) is 0 Å². The summed E-state index contributed by atoms with van der Waals surface area (Å²) in [4.78, 5) is 5.58. The maximum Gasteiger partial charge on any atom is 0.0309 e. The molecule has 3 heteroatoms. The Morgan fingerprint density at radius 2 is 1.74 bits per heavy atom. The van der Waals surface area contributed by atoms with Crippen LogP contribution in [0.2, 0.25) is 0 Å². The maximum absolute atomic E-state index is 3.89. The molecule has 0 amide bonds. The number of hydrogen-bond acceptors (Lipinski definition) is 3. The van der Waals surface area contributed by atoms with Crippen LogP contribution < -0.4 is 5.32 Å². The predicted octanol–water partition coefficient (Wildman–Crippen LogP) is 1.69. The first-order valence-electron chi connectivity index (χ1n) is 8.56. The van der Waals surface area contributed by atoms with Crippen molar-refractivity contribution >= 4 is 0 Å². The van der Waals surface area contributed by atoms with Gasteiger partial charge in [0.15, 0.2) is 0 Å². The Morgan fingerprint density at radius 3 is 2.42 bits per heavy atom. The Kier molecular flexibility index (Phi) is 3.33. The number of rotatable bonds is 1. The number of piperidine rings is 3. The molecule has 1 spiro atoms. The van der Waals surface area contributed by atoms with Gasteiger partial charge in [-0.25, -0.2) is 0 Å². The zero-order valence-electron chi connectivity index (χ0n) is 12.2. The van der Waals surface area contributed by atoms with Crippen molar-refractivity contribution in [3.8, 4) is 0 Å². The van der Waals surface area contributed by atoms with Crippen LogP contribution in [0.3, 0.4) is 0 Å². The van der Waals surface area contributed by atoms with E-state index in [0.29, 0.717) is 5.54 Å². The third-order valence-corrected chi connectivity index (χ3v) is 6.31. The first-order chi connectivity index (χ1) is 9.35. The third kappa shape index (κ3) is 2.34. The molecule has 0 aromatic rings. The molecule has 4 aliphatic heterocycles. The van der Waals surface area contributed by atoms with E-state index < -0.39 is 0 Å². The lowest BCUT2D eigenvalue weighted by Gasteiger charge is -2.54. The minimum Gasteiger partial charge on any atom is -0.309 e. The standard InChI is InChI=1S/C16H29N3/c1-2-6-16(7-3-1)13-19(11-8-17-16)15-12-18-9-4-14(15)5-10-18/h14-15,17H,1-13H2. The van der Waals surface area contributed by atoms with Crippen LogP contribution in [0.15, 0.2) is 0 Å². The van der Waals surface area contributed by atoms with Gasteiger partial charge in [-0.1, -0.05) is 19.3 Å². The maximum atomic E-state index is 3.89. The van der Waals surface area contributed by atoms with Crippen LogP contribution in [0.4, 0.5) is 0 Å². The summed E-state index contributed by atoms with van der Waals surface area (Å²) in [6.07, 6.45) is 10.1. The number of nitrogens with zero attached hydrogens (tertiary/aromatic N) is 2. The van der Waals surface area contributed by atoms with Gasteiger partial charge < -0.3 is 10.2 Å². The van der Waals surface area contributed by atoms with Crippen molar-refractivity contribution in [1.82, 2.24) is 15.1 Å². The summed E-state index contributed by atoms with van der Waals surface area (Å²) in [5.41, 5.74) is 0.489. The van der Waals surface area contributed by atoms with E-state index >= 15 is 0 Å². The van der Waals surface area contributed by atoms with E-state index in [-0.39, 0.29) is 0 Å². The van der Waals surface area contributed by atoms with Crippen molar-refractivity contribution in [2.75, 3.05) is 39.3 Å². The minimum atomic E-state index is 0.489. The molecule has 0 aromatic carbocycles. The molecule has 4 heterocycles. The number of piperazine rings is 1. The second-order valence-corrected chi connectivity index (χ2v) is 7.44. The summed E-state index contributed by atoms with van der Waals surface area (Å²) in [5.74, 6) is 1.00. The van der Waals surface area contributed by atoms with Gasteiger partial charge in [-0.3, -0.25) is 4.90 Å². The lowest BCUT2D eigenvalue weighted by molar-refractivity contribution is -0.0251. The molecule has 1 atom stereocenters. The van der Waals surface area contributed by atoms with E-state index in [1.165, 1.54) is 84.2 Å². The number of hydrogen-bond donors (Lipinski definition) is 1. The first-order valence-corrected chi connectivity index (χ1v) is 8.56. The van der Waals surface area contributed by atoms with Gasteiger partial charge in [0.05, 0.1) is 0 Å². The second-order valence-electron chi connectivity index (χ2n) is 7.44. The van der Waals surface area contributed by atoms with Gasteiger partial charge in [0.2, 0.25) is 0 Å². The molecule has 0 radical (unpaired) electrons. The first kappa shape index (κ1) is 12.6. The zero-order chi connectivity index (χ0) is 12.7. The molecular weight excluding hydrogens is 234 g/mol. The highest BCUT2D eigenvalue weighted by Crippen LogP contribution is 2.35. The molecular formula is C16H29N3. The monoisotopic (exact) mass is 263 g/mol. The second kappa shape index (κ2) is 5.01. The number of nitrogens with one attached hydrogen (secondary N) is 1. The normalized spacial score (nSPS) is 42.6. The van der Waals surface area contributed by atoms with E-state index in [2.05, 4.69) is 15.1 Å². The minimum absolute atomic E-state index is 0.489. The quantitative estimate of drug-likeness (QED) is 0.777. The molecule has 0 aromatic heterocycles. The fourth-order valence-electron chi connectivity index (χ4n) is 5.18. The van der Waals surface area contributed by atoms with Crippen LogP contribution in [-0.4, -0.2) is 60.6 Å². The van der Waals surface area contributed by atoms with Gasteiger partial charge in [0, 0.05) is 37.8 Å². The molecule has 108 valence electrons. The topological polar surface area (TPSA) is 18.5 Å². The Labute approximate surface area is 117 Å². The average Bonchev–Trinajstić information content (AvgIpc) is 2.49. The van der Waals surface area contributed by atoms with Crippen LogP contribution in [0.5, 0.6) is 0 Å². The summed E-state index contributed by atoms with van der Waals surface area (Å²) in [6, 6.07) is 0.878. The molecule has 4 saturated heterocycles. The van der Waals surface area contributed by atoms with Gasteiger partial charge in [-0.2, -0.15) is 0 Å². The lowest BCUT2D eigenvalue weighted by Crippen LogP contribution is -2.67. The van der Waals surface area contributed by atoms with Crippen LogP contribution in [0.1, 0.15) is 44.9 Å². The smallest absolute Gasteiger partial charge is 0.0309 e. The fraction of sp³-hybridized carbons (Fsp3) is 1.00. The summed E-state index contributed by atoms with van der Waals surface area (Å²) in [7, 11) is 0. The van der Waals surface area contributed by atoms with Crippen molar-refractivity contribution in [2.45, 2.75) is 56.5 Å². The van der Waals surface area contributed by atoms with Crippen LogP contribution in [-0.2, 0) is 0 Å². The van der Waals surface area contributed by atoms with Crippen LogP contribution in [0, 0.1) is 5.92 Å². The number of fused-ring (bicyclic) bond motifs is 3. The molecule has 1 unspecified atom stereocenters. The van der Waals surface area contributed by atoms with E-state index in [0.717, 1.165) is 12.0 Å². The Morgan fingerprint density at radius 1 is 0.947 bits per heavy atom. The Hall–Kier alpha value is -0.120. The molecule has 3 nitrogen and oxygen atoms in total. The van der Waals surface area contributed by atoms with Gasteiger partial charge in [-0.15, -0.1) is 0 Å². The SMILES string of the molecule is C1CCC2(CC1)CN(C1CN3CCC1CC3)CCN2. The average molecular weight is 263 g/mol. The summed E-state index contributed by atoms with van der Waals surface area (Å²) < 4.78 is 0. The summed E-state index contributed by atoms with van der Waals surface area (Å²) >= 11 is 0. The van der Waals surface area contributed by atoms with Gasteiger partial charge in [0.25, 0.3) is 0 Å². The van der Waals surface area contributed by atoms with Gasteiger partial charge in [-0.05, 0) is 44.7 Å². The highest BCUT2D eigenvalue weighted by atomic mass is 15.3. The van der Waals surface area contributed by atoms with Gasteiger partial charge >= 0.3 is 0 Å². The molecule has 2 bridgehead atoms. The van der Waals surface area contributed by atoms with Crippen molar-refractivity contribution in [3.05, 3.63) is 0 Å². The van der Waals surface area contributed by atoms with E-state index in [1.807, 2.05) is 0 Å². The predicted molar refractivity (Wildman–Crippen MR) is 78.3 cm³/mol. The van der Waals surface area contributed by atoms with Crippen LogP contribution in [0.25, 0.3) is 0 Å². The summed E-state index contributed by atoms with van der Waals surface area (Å²) in [6.45, 7) is 7.96. The highest BCUT2D eigenvalue weighted by Gasteiger charge is 2.43. The molecule has 19 heavy (non-hydrogen) atoms. The Balaban J connectivity index is 1.46. The lowest BCUT2D eigenvalue weighted by atomic mass is 9.77. The van der Waals surface area contributed by atoms with Crippen molar-refractivity contribution < 1.29 is 0 Å². The van der Waals surface area contributed by atoms with Crippen molar-refractivity contribution in [2.24, 2.45) is 5.92 Å². The molecule has 5 aliphatic rings. The molecule has 5 fully saturated rings. The van der Waals surface area contributed by atoms with Crippen LogP contribution >= 0.6 is 0 Å². The third-order valence-electron chi connectivity index (χ3n) is 6.31. The Bertz CT molecular complexity index is 310. The van der Waals surface area contributed by atoms with Gasteiger partial charge in [0.1, 0.15) is 0 Å². The highest BCUT2D eigenvalue weighted by molar-refractivity contribution is 5.01. The molecule has 1 saturated carbocycles. The summed E-state index contributed by atoms with van der Waals surface area (Å²) in [5, 5.41) is 3.89.